The molecule has 1 aliphatic heterocycles. The van der Waals surface area contributed by atoms with Gasteiger partial charge in [-0.05, 0) is 46.2 Å². The van der Waals surface area contributed by atoms with Crippen LogP contribution in [0.5, 0.6) is 0 Å². The summed E-state index contributed by atoms with van der Waals surface area (Å²) in [6, 6.07) is 2.23. The monoisotopic (exact) mass is 212 g/mol. The average Bonchev–Trinajstić information content (AvgIpc) is 2.82. The van der Waals surface area contributed by atoms with E-state index in [0.717, 1.165) is 25.3 Å². The first-order chi connectivity index (χ1) is 7.31. The Bertz CT molecular complexity index is 184. The molecule has 2 aliphatic rings. The van der Waals surface area contributed by atoms with Crippen LogP contribution in [0.3, 0.4) is 0 Å². The van der Waals surface area contributed by atoms with Gasteiger partial charge in [-0.15, -0.1) is 0 Å². The normalized spacial score (nSPS) is 37.4. The highest BCUT2D eigenvalue weighted by atomic mass is 16.5. The summed E-state index contributed by atoms with van der Waals surface area (Å²) >= 11 is 0. The van der Waals surface area contributed by atoms with Gasteiger partial charge < -0.3 is 10.1 Å². The Morgan fingerprint density at radius 3 is 2.33 bits per heavy atom. The molecule has 1 atom stereocenters. The van der Waals surface area contributed by atoms with Crippen molar-refractivity contribution in [1.29, 1.82) is 0 Å². The van der Waals surface area contributed by atoms with Crippen LogP contribution in [0.2, 0.25) is 0 Å². The van der Waals surface area contributed by atoms with Crippen LogP contribution in [0.1, 0.15) is 32.1 Å². The van der Waals surface area contributed by atoms with Crippen molar-refractivity contribution in [3.05, 3.63) is 0 Å². The lowest BCUT2D eigenvalue weighted by Crippen LogP contribution is -2.44. The number of nitrogens with zero attached hydrogens (tertiary/aromatic N) is 1. The van der Waals surface area contributed by atoms with Gasteiger partial charge in [0.2, 0.25) is 0 Å². The van der Waals surface area contributed by atoms with Gasteiger partial charge in [0.05, 0.1) is 6.61 Å². The van der Waals surface area contributed by atoms with E-state index in [2.05, 4.69) is 24.3 Å². The number of nitrogens with one attached hydrogen (secondary N) is 1. The molecule has 0 radical (unpaired) electrons. The van der Waals surface area contributed by atoms with Crippen LogP contribution in [-0.4, -0.2) is 50.3 Å². The van der Waals surface area contributed by atoms with E-state index in [4.69, 9.17) is 4.74 Å². The molecule has 0 aromatic heterocycles. The topological polar surface area (TPSA) is 24.5 Å². The summed E-state index contributed by atoms with van der Waals surface area (Å²) in [5, 5.41) is 3.39. The van der Waals surface area contributed by atoms with E-state index in [1.54, 1.807) is 0 Å². The fraction of sp³-hybridized carbons (Fsp3) is 1.00. The minimum atomic E-state index is 0.682. The maximum absolute atomic E-state index is 5.46. The SMILES string of the molecule is CNC1CCC(N(C)C2CCOC2)CC1. The van der Waals surface area contributed by atoms with Crippen molar-refractivity contribution in [2.24, 2.45) is 0 Å². The van der Waals surface area contributed by atoms with E-state index >= 15 is 0 Å². The molecule has 0 spiro atoms. The lowest BCUT2D eigenvalue weighted by atomic mass is 9.90. The molecule has 1 saturated heterocycles. The molecule has 0 aromatic carbocycles. The number of hydrogen-bond acceptors (Lipinski definition) is 3. The van der Waals surface area contributed by atoms with Crippen molar-refractivity contribution >= 4 is 0 Å². The Labute approximate surface area is 93.2 Å². The molecular formula is C12H24N2O. The van der Waals surface area contributed by atoms with Gasteiger partial charge in [0.1, 0.15) is 0 Å². The molecule has 1 unspecified atom stereocenters. The van der Waals surface area contributed by atoms with Crippen LogP contribution in [0.25, 0.3) is 0 Å². The van der Waals surface area contributed by atoms with Crippen LogP contribution in [0, 0.1) is 0 Å². The van der Waals surface area contributed by atoms with Crippen LogP contribution < -0.4 is 5.32 Å². The van der Waals surface area contributed by atoms with Crippen molar-refractivity contribution < 1.29 is 4.74 Å². The zero-order valence-corrected chi connectivity index (χ0v) is 10.0. The van der Waals surface area contributed by atoms with E-state index in [0.29, 0.717) is 6.04 Å². The van der Waals surface area contributed by atoms with E-state index in [-0.39, 0.29) is 0 Å². The van der Waals surface area contributed by atoms with E-state index in [1.165, 1.54) is 32.1 Å². The molecule has 1 saturated carbocycles. The lowest BCUT2D eigenvalue weighted by molar-refractivity contribution is 0.107. The third-order valence-corrected chi connectivity index (χ3v) is 4.16. The number of rotatable bonds is 3. The molecule has 0 aromatic rings. The van der Waals surface area contributed by atoms with Crippen LogP contribution >= 0.6 is 0 Å². The van der Waals surface area contributed by atoms with Crippen molar-refractivity contribution in [2.75, 3.05) is 27.3 Å². The summed E-state index contributed by atoms with van der Waals surface area (Å²) in [6.07, 6.45) is 6.58. The first kappa shape index (κ1) is 11.4. The molecule has 1 heterocycles. The highest BCUT2D eigenvalue weighted by molar-refractivity contribution is 4.85. The van der Waals surface area contributed by atoms with Crippen LogP contribution in [0.15, 0.2) is 0 Å². The van der Waals surface area contributed by atoms with Crippen molar-refractivity contribution in [1.82, 2.24) is 10.2 Å². The Kier molecular flexibility index (Phi) is 4.00. The van der Waals surface area contributed by atoms with Gasteiger partial charge >= 0.3 is 0 Å². The van der Waals surface area contributed by atoms with E-state index < -0.39 is 0 Å². The predicted molar refractivity (Wildman–Crippen MR) is 62.1 cm³/mol. The third kappa shape index (κ3) is 2.71. The van der Waals surface area contributed by atoms with Gasteiger partial charge in [-0.3, -0.25) is 4.90 Å². The third-order valence-electron chi connectivity index (χ3n) is 4.16. The minimum Gasteiger partial charge on any atom is -0.380 e. The van der Waals surface area contributed by atoms with Gasteiger partial charge in [0.15, 0.2) is 0 Å². The highest BCUT2D eigenvalue weighted by Gasteiger charge is 2.29. The maximum atomic E-state index is 5.46. The average molecular weight is 212 g/mol. The van der Waals surface area contributed by atoms with Crippen molar-refractivity contribution in [3.63, 3.8) is 0 Å². The predicted octanol–water partition coefficient (Wildman–Crippen LogP) is 1.24. The van der Waals surface area contributed by atoms with Gasteiger partial charge in [0, 0.05) is 24.7 Å². The minimum absolute atomic E-state index is 0.682. The number of ether oxygens (including phenoxy) is 1. The second-order valence-corrected chi connectivity index (χ2v) is 4.98. The van der Waals surface area contributed by atoms with Gasteiger partial charge in [0.25, 0.3) is 0 Å². The lowest BCUT2D eigenvalue weighted by Gasteiger charge is -2.37. The summed E-state index contributed by atoms with van der Waals surface area (Å²) in [4.78, 5) is 2.57. The molecule has 1 aliphatic carbocycles. The van der Waals surface area contributed by atoms with Gasteiger partial charge in [-0.2, -0.15) is 0 Å². The fourth-order valence-corrected chi connectivity index (χ4v) is 2.91. The van der Waals surface area contributed by atoms with E-state index in [9.17, 15) is 0 Å². The Balaban J connectivity index is 1.78. The summed E-state index contributed by atoms with van der Waals surface area (Å²) < 4.78 is 5.46. The molecular weight excluding hydrogens is 188 g/mol. The molecule has 0 amide bonds. The highest BCUT2D eigenvalue weighted by Crippen LogP contribution is 2.25. The molecule has 15 heavy (non-hydrogen) atoms. The largest absolute Gasteiger partial charge is 0.380 e. The first-order valence-electron chi connectivity index (χ1n) is 6.28. The Hall–Kier alpha value is -0.120. The second kappa shape index (κ2) is 5.28. The van der Waals surface area contributed by atoms with Gasteiger partial charge in [-0.25, -0.2) is 0 Å². The standard InChI is InChI=1S/C12H24N2O/c1-13-10-3-5-11(6-4-10)14(2)12-7-8-15-9-12/h10-13H,3-9H2,1-2H3. The summed E-state index contributed by atoms with van der Waals surface area (Å²) in [5.41, 5.74) is 0. The zero-order valence-electron chi connectivity index (χ0n) is 10.0. The summed E-state index contributed by atoms with van der Waals surface area (Å²) in [7, 11) is 4.36. The zero-order chi connectivity index (χ0) is 10.7. The van der Waals surface area contributed by atoms with Crippen LogP contribution in [0.4, 0.5) is 0 Å². The quantitative estimate of drug-likeness (QED) is 0.762. The fourth-order valence-electron chi connectivity index (χ4n) is 2.91. The molecule has 1 N–H and O–H groups in total. The smallest absolute Gasteiger partial charge is 0.0622 e. The molecule has 2 rings (SSSR count). The van der Waals surface area contributed by atoms with Crippen molar-refractivity contribution in [2.45, 2.75) is 50.2 Å². The molecule has 3 heteroatoms. The maximum Gasteiger partial charge on any atom is 0.0622 e. The Morgan fingerprint density at radius 1 is 1.07 bits per heavy atom. The van der Waals surface area contributed by atoms with Crippen molar-refractivity contribution in [3.8, 4) is 0 Å². The Morgan fingerprint density at radius 2 is 1.80 bits per heavy atom. The van der Waals surface area contributed by atoms with Crippen LogP contribution in [-0.2, 0) is 4.74 Å². The summed E-state index contributed by atoms with van der Waals surface area (Å²) in [6.45, 7) is 1.91. The van der Waals surface area contributed by atoms with E-state index in [1.807, 2.05) is 0 Å². The molecule has 2 fully saturated rings. The number of hydrogen-bond donors (Lipinski definition) is 1. The molecule has 0 bridgehead atoms. The second-order valence-electron chi connectivity index (χ2n) is 4.98. The first-order valence-corrected chi connectivity index (χ1v) is 6.28. The number of likely N-dealkylation sites (N-methyl/N-ethyl adjacent to an activating group) is 1. The summed E-state index contributed by atoms with van der Waals surface area (Å²) in [5.74, 6) is 0. The molecule has 3 nitrogen and oxygen atoms in total. The van der Waals surface area contributed by atoms with Gasteiger partial charge in [-0.1, -0.05) is 0 Å². The molecule has 88 valence electrons.